The summed E-state index contributed by atoms with van der Waals surface area (Å²) in [5, 5.41) is 8.81. The third kappa shape index (κ3) is 2.73. The maximum absolute atomic E-state index is 5.49. The highest BCUT2D eigenvalue weighted by atomic mass is 16.3. The van der Waals surface area contributed by atoms with E-state index in [1.54, 1.807) is 17.1 Å². The number of hydrogen-bond acceptors (Lipinski definition) is 6. The van der Waals surface area contributed by atoms with Crippen molar-refractivity contribution in [3.05, 3.63) is 54.2 Å². The molecule has 0 spiro atoms. The lowest BCUT2D eigenvalue weighted by Gasteiger charge is -2.14. The molecule has 4 heterocycles. The van der Waals surface area contributed by atoms with E-state index in [0.29, 0.717) is 5.82 Å². The molecule has 1 N–H and O–H groups in total. The van der Waals surface area contributed by atoms with Crippen LogP contribution in [-0.4, -0.2) is 24.7 Å². The smallest absolute Gasteiger partial charge is 0.182 e. The summed E-state index contributed by atoms with van der Waals surface area (Å²) in [5.74, 6) is 2.12. The molecule has 0 aliphatic heterocycles. The number of rotatable bonds is 4. The van der Waals surface area contributed by atoms with Gasteiger partial charge in [0.15, 0.2) is 11.5 Å². The SMILES string of the molecule is Cc1nn(C)c2nc(-c3ccccn3)nc(N[C@H](C)c3ccco3)c12. The largest absolute Gasteiger partial charge is 0.467 e. The Morgan fingerprint density at radius 2 is 2.04 bits per heavy atom. The van der Waals surface area contributed by atoms with Crippen molar-refractivity contribution in [2.24, 2.45) is 7.05 Å². The van der Waals surface area contributed by atoms with Crippen LogP contribution >= 0.6 is 0 Å². The van der Waals surface area contributed by atoms with Crippen LogP contribution in [0.25, 0.3) is 22.6 Å². The Morgan fingerprint density at radius 3 is 2.76 bits per heavy atom. The Balaban J connectivity index is 1.86. The average Bonchev–Trinajstić information content (AvgIpc) is 3.25. The standard InChI is InChI=1S/C18H18N6O/c1-11(14-8-6-10-25-14)20-17-15-12(2)23-24(3)18(15)22-16(21-17)13-7-4-5-9-19-13/h4-11H,1-3H3,(H,20,21,22)/t11-/m1/s1. The van der Waals surface area contributed by atoms with E-state index in [4.69, 9.17) is 9.40 Å². The second-order valence-corrected chi connectivity index (χ2v) is 5.90. The van der Waals surface area contributed by atoms with E-state index in [1.807, 2.05) is 51.2 Å². The quantitative estimate of drug-likeness (QED) is 0.615. The number of hydrogen-bond donors (Lipinski definition) is 1. The summed E-state index contributed by atoms with van der Waals surface area (Å²) in [6.45, 7) is 3.98. The lowest BCUT2D eigenvalue weighted by Crippen LogP contribution is -2.09. The third-order valence-electron chi connectivity index (χ3n) is 4.08. The monoisotopic (exact) mass is 334 g/mol. The highest BCUT2D eigenvalue weighted by molar-refractivity contribution is 5.90. The van der Waals surface area contributed by atoms with Crippen LogP contribution in [0.15, 0.2) is 47.2 Å². The molecular weight excluding hydrogens is 316 g/mol. The van der Waals surface area contributed by atoms with Crippen molar-refractivity contribution in [3.8, 4) is 11.5 Å². The molecule has 0 radical (unpaired) electrons. The third-order valence-corrected chi connectivity index (χ3v) is 4.08. The summed E-state index contributed by atoms with van der Waals surface area (Å²) in [4.78, 5) is 13.7. The second-order valence-electron chi connectivity index (χ2n) is 5.90. The molecule has 0 unspecified atom stereocenters. The summed E-state index contributed by atoms with van der Waals surface area (Å²) >= 11 is 0. The lowest BCUT2D eigenvalue weighted by molar-refractivity contribution is 0.490. The number of nitrogens with zero attached hydrogens (tertiary/aromatic N) is 5. The molecule has 0 saturated carbocycles. The summed E-state index contributed by atoms with van der Waals surface area (Å²) in [6.07, 6.45) is 3.40. The van der Waals surface area contributed by atoms with Crippen molar-refractivity contribution in [2.45, 2.75) is 19.9 Å². The topological polar surface area (TPSA) is 81.7 Å². The summed E-state index contributed by atoms with van der Waals surface area (Å²) in [5.41, 5.74) is 2.36. The van der Waals surface area contributed by atoms with E-state index in [2.05, 4.69) is 20.4 Å². The Hall–Kier alpha value is -3.22. The van der Waals surface area contributed by atoms with E-state index in [-0.39, 0.29) is 6.04 Å². The first-order valence-corrected chi connectivity index (χ1v) is 8.06. The molecule has 0 fully saturated rings. The zero-order valence-corrected chi connectivity index (χ0v) is 14.3. The van der Waals surface area contributed by atoms with Crippen molar-refractivity contribution >= 4 is 16.9 Å². The number of nitrogens with one attached hydrogen (secondary N) is 1. The van der Waals surface area contributed by atoms with E-state index in [9.17, 15) is 0 Å². The van der Waals surface area contributed by atoms with Crippen LogP contribution in [0.3, 0.4) is 0 Å². The molecule has 0 aliphatic carbocycles. The predicted octanol–water partition coefficient (Wildman–Crippen LogP) is 3.50. The van der Waals surface area contributed by atoms with Crippen molar-refractivity contribution in [3.63, 3.8) is 0 Å². The van der Waals surface area contributed by atoms with Crippen LogP contribution in [-0.2, 0) is 7.05 Å². The summed E-state index contributed by atoms with van der Waals surface area (Å²) in [7, 11) is 1.88. The zero-order valence-electron chi connectivity index (χ0n) is 14.3. The molecule has 25 heavy (non-hydrogen) atoms. The minimum atomic E-state index is -0.0377. The Kier molecular flexibility index (Phi) is 3.68. The molecule has 0 amide bonds. The van der Waals surface area contributed by atoms with Gasteiger partial charge in [0.25, 0.3) is 0 Å². The van der Waals surface area contributed by atoms with Crippen molar-refractivity contribution in [1.29, 1.82) is 0 Å². The van der Waals surface area contributed by atoms with Gasteiger partial charge in [-0.2, -0.15) is 5.10 Å². The molecule has 1 atom stereocenters. The molecule has 0 saturated heterocycles. The van der Waals surface area contributed by atoms with Crippen LogP contribution in [0.1, 0.15) is 24.4 Å². The van der Waals surface area contributed by atoms with Gasteiger partial charge >= 0.3 is 0 Å². The maximum atomic E-state index is 5.49. The van der Waals surface area contributed by atoms with Gasteiger partial charge in [-0.15, -0.1) is 0 Å². The highest BCUT2D eigenvalue weighted by Gasteiger charge is 2.19. The van der Waals surface area contributed by atoms with Gasteiger partial charge in [0.2, 0.25) is 0 Å². The van der Waals surface area contributed by atoms with Gasteiger partial charge in [-0.3, -0.25) is 9.67 Å². The molecule has 0 bridgehead atoms. The highest BCUT2D eigenvalue weighted by Crippen LogP contribution is 2.29. The zero-order chi connectivity index (χ0) is 17.4. The fraction of sp³-hybridized carbons (Fsp3) is 0.222. The minimum absolute atomic E-state index is 0.0377. The molecule has 4 rings (SSSR count). The maximum Gasteiger partial charge on any atom is 0.182 e. The van der Waals surface area contributed by atoms with Gasteiger partial charge in [-0.1, -0.05) is 6.07 Å². The van der Waals surface area contributed by atoms with E-state index < -0.39 is 0 Å². The van der Waals surface area contributed by atoms with Gasteiger partial charge < -0.3 is 9.73 Å². The molecular formula is C18H18N6O. The first kappa shape index (κ1) is 15.3. The van der Waals surface area contributed by atoms with Crippen LogP contribution in [0.4, 0.5) is 5.82 Å². The van der Waals surface area contributed by atoms with Crippen molar-refractivity contribution in [2.75, 3.05) is 5.32 Å². The summed E-state index contributed by atoms with van der Waals surface area (Å²) in [6, 6.07) is 9.45. The Bertz CT molecular complexity index is 1010. The average molecular weight is 334 g/mol. The predicted molar refractivity (Wildman–Crippen MR) is 95.0 cm³/mol. The molecule has 7 heteroatoms. The van der Waals surface area contributed by atoms with Gasteiger partial charge in [-0.25, -0.2) is 9.97 Å². The minimum Gasteiger partial charge on any atom is -0.467 e. The normalized spacial score (nSPS) is 12.4. The number of fused-ring (bicyclic) bond motifs is 1. The molecule has 4 aromatic heterocycles. The van der Waals surface area contributed by atoms with Crippen LogP contribution in [0, 0.1) is 6.92 Å². The fourth-order valence-electron chi connectivity index (χ4n) is 2.87. The molecule has 7 nitrogen and oxygen atoms in total. The van der Waals surface area contributed by atoms with Crippen molar-refractivity contribution < 1.29 is 4.42 Å². The second kappa shape index (κ2) is 6.01. The van der Waals surface area contributed by atoms with Gasteiger partial charge in [-0.05, 0) is 38.1 Å². The molecule has 0 aliphatic rings. The first-order chi connectivity index (χ1) is 12.1. The molecule has 4 aromatic rings. The van der Waals surface area contributed by atoms with E-state index in [0.717, 1.165) is 34.0 Å². The summed E-state index contributed by atoms with van der Waals surface area (Å²) < 4.78 is 7.26. The first-order valence-electron chi connectivity index (χ1n) is 8.06. The lowest BCUT2D eigenvalue weighted by atomic mass is 10.2. The number of furan rings is 1. The van der Waals surface area contributed by atoms with Crippen LogP contribution in [0.2, 0.25) is 0 Å². The Morgan fingerprint density at radius 1 is 1.16 bits per heavy atom. The van der Waals surface area contributed by atoms with Crippen LogP contribution < -0.4 is 5.32 Å². The van der Waals surface area contributed by atoms with Crippen molar-refractivity contribution in [1.82, 2.24) is 24.7 Å². The van der Waals surface area contributed by atoms with E-state index in [1.165, 1.54) is 0 Å². The number of aryl methyl sites for hydroxylation is 2. The number of pyridine rings is 1. The number of aromatic nitrogens is 5. The Labute approximate surface area is 144 Å². The van der Waals surface area contributed by atoms with E-state index >= 15 is 0 Å². The number of anilines is 1. The van der Waals surface area contributed by atoms with Gasteiger partial charge in [0, 0.05) is 13.2 Å². The van der Waals surface area contributed by atoms with Gasteiger partial charge in [0.1, 0.15) is 17.3 Å². The fourth-order valence-corrected chi connectivity index (χ4v) is 2.87. The molecule has 126 valence electrons. The van der Waals surface area contributed by atoms with Gasteiger partial charge in [0.05, 0.1) is 23.4 Å². The van der Waals surface area contributed by atoms with Crippen LogP contribution in [0.5, 0.6) is 0 Å². The molecule has 0 aromatic carbocycles.